The van der Waals surface area contributed by atoms with E-state index in [4.69, 9.17) is 11.6 Å². The van der Waals surface area contributed by atoms with Crippen molar-refractivity contribution in [1.82, 2.24) is 19.4 Å². The summed E-state index contributed by atoms with van der Waals surface area (Å²) in [5.41, 5.74) is 0.202. The average Bonchev–Trinajstić information content (AvgIpc) is 2.62. The van der Waals surface area contributed by atoms with E-state index in [2.05, 4.69) is 19.7 Å². The van der Waals surface area contributed by atoms with Gasteiger partial charge in [-0.25, -0.2) is 24.1 Å². The van der Waals surface area contributed by atoms with Crippen LogP contribution in [0.3, 0.4) is 0 Å². The van der Waals surface area contributed by atoms with E-state index in [0.717, 1.165) is 0 Å². The van der Waals surface area contributed by atoms with Crippen LogP contribution in [0.25, 0.3) is 5.78 Å². The van der Waals surface area contributed by atoms with Crippen molar-refractivity contribution in [3.63, 3.8) is 0 Å². The fraction of sp³-hybridized carbons (Fsp3) is 0.143. The van der Waals surface area contributed by atoms with Crippen molar-refractivity contribution in [2.24, 2.45) is 0 Å². The van der Waals surface area contributed by atoms with Crippen LogP contribution in [0.4, 0.5) is 0 Å². The van der Waals surface area contributed by atoms with Gasteiger partial charge in [-0.3, -0.25) is 0 Å². The first-order valence-corrected chi connectivity index (χ1v) is 4.04. The topological polar surface area (TPSA) is 69.4 Å². The van der Waals surface area contributed by atoms with Crippen LogP contribution in [-0.4, -0.2) is 32.4 Å². The highest BCUT2D eigenvalue weighted by molar-refractivity contribution is 6.28. The summed E-state index contributed by atoms with van der Waals surface area (Å²) < 4.78 is 5.86. The van der Waals surface area contributed by atoms with Crippen molar-refractivity contribution in [1.29, 1.82) is 0 Å². The minimum Gasteiger partial charge on any atom is -0.464 e. The van der Waals surface area contributed by atoms with Crippen LogP contribution < -0.4 is 0 Å². The lowest BCUT2D eigenvalue weighted by Gasteiger charge is -1.99. The Morgan fingerprint density at radius 1 is 1.50 bits per heavy atom. The number of fused-ring (bicyclic) bond motifs is 1. The number of halogens is 1. The lowest BCUT2D eigenvalue weighted by molar-refractivity contribution is 0.0592. The number of aromatic nitrogens is 4. The number of esters is 1. The molecule has 2 heterocycles. The summed E-state index contributed by atoms with van der Waals surface area (Å²) in [5, 5.41) is 0.118. The van der Waals surface area contributed by atoms with E-state index in [1.807, 2.05) is 0 Å². The molecule has 0 saturated carbocycles. The van der Waals surface area contributed by atoms with Gasteiger partial charge in [0, 0.05) is 0 Å². The molecule has 14 heavy (non-hydrogen) atoms. The van der Waals surface area contributed by atoms with Crippen LogP contribution in [0.2, 0.25) is 5.28 Å². The molecule has 0 bridgehead atoms. The summed E-state index contributed by atoms with van der Waals surface area (Å²) in [6.45, 7) is 0. The van der Waals surface area contributed by atoms with Crippen molar-refractivity contribution in [2.45, 2.75) is 0 Å². The second-order valence-electron chi connectivity index (χ2n) is 2.41. The van der Waals surface area contributed by atoms with Gasteiger partial charge in [-0.2, -0.15) is 0 Å². The first-order chi connectivity index (χ1) is 6.74. The average molecular weight is 213 g/mol. The third-order valence-electron chi connectivity index (χ3n) is 1.66. The molecule has 2 aromatic heterocycles. The molecular formula is C7H5ClN4O2. The highest BCUT2D eigenvalue weighted by Crippen LogP contribution is 2.11. The van der Waals surface area contributed by atoms with Gasteiger partial charge in [0.2, 0.25) is 11.1 Å². The number of imidazole rings is 1. The lowest BCUT2D eigenvalue weighted by atomic mass is 10.5. The van der Waals surface area contributed by atoms with E-state index in [1.165, 1.54) is 24.0 Å². The van der Waals surface area contributed by atoms with Crippen molar-refractivity contribution in [2.75, 3.05) is 7.11 Å². The molecule has 0 spiro atoms. The summed E-state index contributed by atoms with van der Waals surface area (Å²) >= 11 is 5.77. The van der Waals surface area contributed by atoms with Gasteiger partial charge in [0.15, 0.2) is 5.69 Å². The Balaban J connectivity index is 2.73. The Morgan fingerprint density at radius 2 is 2.29 bits per heavy atom. The molecule has 72 valence electrons. The predicted molar refractivity (Wildman–Crippen MR) is 47.1 cm³/mol. The molecule has 0 aromatic carbocycles. The molecule has 0 unspecified atom stereocenters. The Kier molecular flexibility index (Phi) is 2.05. The molecule has 0 aliphatic rings. The second kappa shape index (κ2) is 3.22. The van der Waals surface area contributed by atoms with Gasteiger partial charge in [0.05, 0.1) is 13.3 Å². The molecule has 0 fully saturated rings. The predicted octanol–water partition coefficient (Wildman–Crippen LogP) is 0.564. The quantitative estimate of drug-likeness (QED) is 0.647. The SMILES string of the molecule is COC(=O)c1cnc2ncnc(Cl)n12. The maximum Gasteiger partial charge on any atom is 0.356 e. The summed E-state index contributed by atoms with van der Waals surface area (Å²) in [5.74, 6) is -0.223. The molecule has 7 heteroatoms. The number of carbonyl (C=O) groups excluding carboxylic acids is 1. The zero-order valence-corrected chi connectivity index (χ0v) is 7.89. The molecule has 0 N–H and O–H groups in total. The van der Waals surface area contributed by atoms with E-state index in [1.54, 1.807) is 0 Å². The number of rotatable bonds is 1. The number of nitrogens with zero attached hydrogens (tertiary/aromatic N) is 4. The van der Waals surface area contributed by atoms with Gasteiger partial charge >= 0.3 is 5.97 Å². The van der Waals surface area contributed by atoms with Crippen molar-refractivity contribution in [3.8, 4) is 0 Å². The highest BCUT2D eigenvalue weighted by atomic mass is 35.5. The van der Waals surface area contributed by atoms with E-state index in [-0.39, 0.29) is 11.0 Å². The Morgan fingerprint density at radius 3 is 3.00 bits per heavy atom. The smallest absolute Gasteiger partial charge is 0.356 e. The van der Waals surface area contributed by atoms with E-state index in [0.29, 0.717) is 5.78 Å². The lowest BCUT2D eigenvalue weighted by Crippen LogP contribution is -2.07. The minimum absolute atomic E-state index is 0.118. The molecule has 0 aliphatic carbocycles. The Bertz CT molecular complexity index is 495. The maximum absolute atomic E-state index is 11.2. The maximum atomic E-state index is 11.2. The number of hydrogen-bond acceptors (Lipinski definition) is 5. The van der Waals surface area contributed by atoms with Gasteiger partial charge in [0.1, 0.15) is 6.33 Å². The normalized spacial score (nSPS) is 10.4. The fourth-order valence-electron chi connectivity index (χ4n) is 1.05. The van der Waals surface area contributed by atoms with E-state index >= 15 is 0 Å². The molecular weight excluding hydrogens is 208 g/mol. The van der Waals surface area contributed by atoms with Gasteiger partial charge in [0.25, 0.3) is 0 Å². The van der Waals surface area contributed by atoms with Crippen molar-refractivity contribution in [3.05, 3.63) is 23.5 Å². The summed E-state index contributed by atoms with van der Waals surface area (Å²) in [7, 11) is 1.28. The minimum atomic E-state index is -0.533. The molecule has 2 rings (SSSR count). The standard InChI is InChI=1S/C7H5ClN4O2/c1-14-5(13)4-2-9-7-11-3-10-6(8)12(4)7/h2-3H,1H3. The molecule has 0 aliphatic heterocycles. The zero-order valence-electron chi connectivity index (χ0n) is 7.14. The van der Waals surface area contributed by atoms with Crippen LogP contribution in [0.15, 0.2) is 12.5 Å². The molecule has 2 aromatic rings. The second-order valence-corrected chi connectivity index (χ2v) is 2.75. The summed E-state index contributed by atoms with van der Waals surface area (Å²) in [4.78, 5) is 22.7. The summed E-state index contributed by atoms with van der Waals surface area (Å²) in [6.07, 6.45) is 2.60. The monoisotopic (exact) mass is 212 g/mol. The van der Waals surface area contributed by atoms with Gasteiger partial charge < -0.3 is 4.74 Å². The first kappa shape index (κ1) is 8.89. The van der Waals surface area contributed by atoms with Crippen LogP contribution in [0, 0.1) is 0 Å². The zero-order chi connectivity index (χ0) is 10.1. The Labute approximate surface area is 83.5 Å². The highest BCUT2D eigenvalue weighted by Gasteiger charge is 2.15. The van der Waals surface area contributed by atoms with Crippen molar-refractivity contribution >= 4 is 23.3 Å². The molecule has 0 radical (unpaired) electrons. The van der Waals surface area contributed by atoms with Crippen LogP contribution >= 0.6 is 11.6 Å². The number of carbonyl (C=O) groups is 1. The molecule has 0 amide bonds. The molecule has 6 nitrogen and oxygen atoms in total. The Hall–Kier alpha value is -1.69. The van der Waals surface area contributed by atoms with Crippen LogP contribution in [0.5, 0.6) is 0 Å². The van der Waals surface area contributed by atoms with Crippen LogP contribution in [-0.2, 0) is 4.74 Å². The molecule has 0 saturated heterocycles. The largest absolute Gasteiger partial charge is 0.464 e. The number of ether oxygens (including phenoxy) is 1. The first-order valence-electron chi connectivity index (χ1n) is 3.66. The van der Waals surface area contributed by atoms with Crippen molar-refractivity contribution < 1.29 is 9.53 Å². The van der Waals surface area contributed by atoms with Gasteiger partial charge in [-0.1, -0.05) is 0 Å². The third kappa shape index (κ3) is 1.20. The van der Waals surface area contributed by atoms with Crippen LogP contribution in [0.1, 0.15) is 10.5 Å². The van der Waals surface area contributed by atoms with E-state index in [9.17, 15) is 4.79 Å². The number of hydrogen-bond donors (Lipinski definition) is 0. The fourth-order valence-corrected chi connectivity index (χ4v) is 1.26. The van der Waals surface area contributed by atoms with E-state index < -0.39 is 5.97 Å². The number of methoxy groups -OCH3 is 1. The van der Waals surface area contributed by atoms with Gasteiger partial charge in [-0.15, -0.1) is 0 Å². The molecule has 0 atom stereocenters. The summed E-state index contributed by atoms with van der Waals surface area (Å²) in [6, 6.07) is 0. The third-order valence-corrected chi connectivity index (χ3v) is 1.93. The van der Waals surface area contributed by atoms with Gasteiger partial charge in [-0.05, 0) is 11.6 Å².